The Morgan fingerprint density at radius 2 is 1.21 bits per heavy atom. The Morgan fingerprint density at radius 3 is 1.48 bits per heavy atom. The number of unbranched alkanes of at least 4 members (excludes halogenated alkanes) is 3. The van der Waals surface area contributed by atoms with Crippen molar-refractivity contribution in [3.05, 3.63) is 35.9 Å². The van der Waals surface area contributed by atoms with Gasteiger partial charge in [-0.05, 0) is 19.3 Å². The number of benzene rings is 1. The topological polar surface area (TPSA) is 57.2 Å². The van der Waals surface area contributed by atoms with Crippen LogP contribution in [-0.2, 0) is 16.7 Å². The van der Waals surface area contributed by atoms with Crippen molar-refractivity contribution in [2.75, 3.05) is 19.6 Å². The second-order valence-electron chi connectivity index (χ2n) is 7.12. The van der Waals surface area contributed by atoms with Gasteiger partial charge in [-0.2, -0.15) is 13.2 Å². The summed E-state index contributed by atoms with van der Waals surface area (Å²) in [5, 5.41) is 0. The highest BCUT2D eigenvalue weighted by atomic mass is 32.2. The van der Waals surface area contributed by atoms with Crippen LogP contribution in [0.3, 0.4) is 0 Å². The van der Waals surface area contributed by atoms with E-state index in [4.69, 9.17) is 13.0 Å². The van der Waals surface area contributed by atoms with Gasteiger partial charge in [0.1, 0.15) is 6.54 Å². The third kappa shape index (κ3) is 12.9. The van der Waals surface area contributed by atoms with Gasteiger partial charge in [0.25, 0.3) is 0 Å². The molecular weight excluding hydrogens is 410 g/mol. The molecule has 0 aromatic heterocycles. The summed E-state index contributed by atoms with van der Waals surface area (Å²) in [7, 11) is -6.09. The van der Waals surface area contributed by atoms with Crippen molar-refractivity contribution in [3.8, 4) is 0 Å². The lowest BCUT2D eigenvalue weighted by atomic mass is 10.1. The molecule has 0 unspecified atom stereocenters. The fourth-order valence-electron chi connectivity index (χ4n) is 3.02. The van der Waals surface area contributed by atoms with Gasteiger partial charge in [0.15, 0.2) is 10.1 Å². The molecule has 0 radical (unpaired) electrons. The van der Waals surface area contributed by atoms with E-state index in [1.165, 1.54) is 74.8 Å². The first kappa shape index (κ1) is 30.0. The molecule has 0 saturated heterocycles. The second-order valence-corrected chi connectivity index (χ2v) is 8.49. The fourth-order valence-corrected chi connectivity index (χ4v) is 3.02. The van der Waals surface area contributed by atoms with Crippen molar-refractivity contribution >= 4 is 10.1 Å². The van der Waals surface area contributed by atoms with Crippen LogP contribution in [0.15, 0.2) is 30.3 Å². The second kappa shape index (κ2) is 14.7. The van der Waals surface area contributed by atoms with Crippen LogP contribution in [0.2, 0.25) is 0 Å². The molecule has 1 rings (SSSR count). The summed E-state index contributed by atoms with van der Waals surface area (Å²) < 4.78 is 60.2. The Balaban J connectivity index is 0. The quantitative estimate of drug-likeness (QED) is 0.193. The molecule has 0 fully saturated rings. The van der Waals surface area contributed by atoms with Crippen LogP contribution in [0.1, 0.15) is 64.9 Å². The fraction of sp³-hybridized carbons (Fsp3) is 0.700. The molecule has 0 N–H and O–H groups in total. The van der Waals surface area contributed by atoms with Gasteiger partial charge < -0.3 is 9.04 Å². The Hall–Kier alpha value is -1.19. The Morgan fingerprint density at radius 1 is 0.862 bits per heavy atom. The maximum absolute atomic E-state index is 10.7. The standard InChI is InChI=1S/C19H34N.CHF3O3S.FH/c1-4-7-15-20(16-8-5-2,17-9-6-3)18-19-13-11-10-12-14-19;2-1(3,4)8(5,6)7;/h10-14H,4-9,15-18H2,1-3H3;(H,5,6,7);1H/q+1;;/p-1. The number of rotatable bonds is 11. The highest BCUT2D eigenvalue weighted by molar-refractivity contribution is 7.86. The molecule has 0 saturated carbocycles. The van der Waals surface area contributed by atoms with Crippen LogP contribution in [0.25, 0.3) is 0 Å². The number of hydrogen-bond donors (Lipinski definition) is 0. The first-order valence-electron chi connectivity index (χ1n) is 9.92. The third-order valence-corrected chi connectivity index (χ3v) is 5.17. The maximum Gasteiger partial charge on any atom is 0.485 e. The van der Waals surface area contributed by atoms with E-state index >= 15 is 0 Å². The third-order valence-electron chi connectivity index (χ3n) is 4.60. The first-order valence-corrected chi connectivity index (χ1v) is 11.3. The van der Waals surface area contributed by atoms with E-state index < -0.39 is 15.6 Å². The molecule has 0 aliphatic rings. The number of nitrogens with zero attached hydrogens (tertiary/aromatic N) is 1. The summed E-state index contributed by atoms with van der Waals surface area (Å²) in [4.78, 5) is 0. The van der Waals surface area contributed by atoms with Crippen molar-refractivity contribution < 1.29 is 35.3 Å². The minimum Gasteiger partial charge on any atom is -0.741 e. The zero-order valence-corrected chi connectivity index (χ0v) is 18.4. The van der Waals surface area contributed by atoms with E-state index in [1.807, 2.05) is 0 Å². The lowest BCUT2D eigenvalue weighted by Crippen LogP contribution is -2.49. The van der Waals surface area contributed by atoms with Crippen molar-refractivity contribution in [1.29, 1.82) is 0 Å². The highest BCUT2D eigenvalue weighted by Gasteiger charge is 2.36. The van der Waals surface area contributed by atoms with Gasteiger partial charge in [-0.15, -0.1) is 0 Å². The average molecular weight is 446 g/mol. The van der Waals surface area contributed by atoms with E-state index in [-0.39, 0.29) is 4.70 Å². The van der Waals surface area contributed by atoms with Crippen molar-refractivity contribution in [2.24, 2.45) is 0 Å². The zero-order valence-electron chi connectivity index (χ0n) is 17.6. The smallest absolute Gasteiger partial charge is 0.485 e. The molecule has 172 valence electrons. The van der Waals surface area contributed by atoms with Crippen LogP contribution < -0.4 is 0 Å². The molecule has 0 spiro atoms. The number of hydrogen-bond acceptors (Lipinski definition) is 3. The monoisotopic (exact) mass is 445 g/mol. The molecule has 1 aromatic carbocycles. The molecular formula is C20H35F4NO3S. The zero-order chi connectivity index (χ0) is 21.7. The number of halogens is 4. The van der Waals surface area contributed by atoms with Gasteiger partial charge in [-0.25, -0.2) is 8.42 Å². The largest absolute Gasteiger partial charge is 0.741 e. The highest BCUT2D eigenvalue weighted by Crippen LogP contribution is 2.21. The molecule has 4 nitrogen and oxygen atoms in total. The maximum atomic E-state index is 10.7. The van der Waals surface area contributed by atoms with Crippen LogP contribution >= 0.6 is 0 Å². The molecule has 29 heavy (non-hydrogen) atoms. The average Bonchev–Trinajstić information content (AvgIpc) is 2.62. The Bertz CT molecular complexity index is 601. The van der Waals surface area contributed by atoms with Crippen LogP contribution in [0.4, 0.5) is 17.9 Å². The Labute approximate surface area is 172 Å². The summed E-state index contributed by atoms with van der Waals surface area (Å²) in [6, 6.07) is 11.1. The summed E-state index contributed by atoms with van der Waals surface area (Å²) >= 11 is 0. The predicted molar refractivity (Wildman–Crippen MR) is 108 cm³/mol. The van der Waals surface area contributed by atoms with Crippen LogP contribution in [-0.4, -0.2) is 42.6 Å². The molecule has 0 amide bonds. The van der Waals surface area contributed by atoms with Crippen LogP contribution in [0, 0.1) is 0 Å². The van der Waals surface area contributed by atoms with Gasteiger partial charge in [0.2, 0.25) is 0 Å². The van der Waals surface area contributed by atoms with Crippen molar-refractivity contribution in [1.82, 2.24) is 0 Å². The molecule has 1 aromatic rings. The van der Waals surface area contributed by atoms with Crippen LogP contribution in [0.5, 0.6) is 0 Å². The normalized spacial score (nSPS) is 12.0. The van der Waals surface area contributed by atoms with E-state index in [1.54, 1.807) is 0 Å². The van der Waals surface area contributed by atoms with E-state index in [9.17, 15) is 13.2 Å². The SMILES string of the molecule is CCCC[N+](CCCC)(CCCC)Cc1ccccc1.F.O=S(=O)([O-])C(F)(F)F. The van der Waals surface area contributed by atoms with Crippen molar-refractivity contribution in [3.63, 3.8) is 0 Å². The molecule has 0 aliphatic carbocycles. The number of quaternary nitrogens is 1. The van der Waals surface area contributed by atoms with Gasteiger partial charge in [0.05, 0.1) is 19.6 Å². The van der Waals surface area contributed by atoms with Gasteiger partial charge in [-0.3, -0.25) is 4.70 Å². The van der Waals surface area contributed by atoms with Gasteiger partial charge in [0, 0.05) is 5.56 Å². The van der Waals surface area contributed by atoms with E-state index in [0.717, 1.165) is 0 Å². The molecule has 9 heteroatoms. The number of alkyl halides is 3. The summed E-state index contributed by atoms with van der Waals surface area (Å²) in [5.74, 6) is 0. The summed E-state index contributed by atoms with van der Waals surface area (Å²) in [6.45, 7) is 12.2. The van der Waals surface area contributed by atoms with Crippen molar-refractivity contribution in [2.45, 2.75) is 71.3 Å². The predicted octanol–water partition coefficient (Wildman–Crippen LogP) is 5.61. The minimum absolute atomic E-state index is 0. The van der Waals surface area contributed by atoms with E-state index in [0.29, 0.717) is 0 Å². The molecule has 0 atom stereocenters. The Kier molecular flexibility index (Phi) is 15.3. The summed E-state index contributed by atoms with van der Waals surface area (Å²) in [6.07, 6.45) is 8.02. The molecule has 0 aliphatic heterocycles. The van der Waals surface area contributed by atoms with E-state index in [2.05, 4.69) is 51.1 Å². The summed E-state index contributed by atoms with van der Waals surface area (Å²) in [5.41, 5.74) is -4.14. The molecule has 0 heterocycles. The lowest BCUT2D eigenvalue weighted by Gasteiger charge is -2.39. The minimum atomic E-state index is -6.09. The van der Waals surface area contributed by atoms with Gasteiger partial charge >= 0.3 is 5.51 Å². The first-order chi connectivity index (χ1) is 13.0. The van der Waals surface area contributed by atoms with Gasteiger partial charge in [-0.1, -0.05) is 70.4 Å². The molecule has 0 bridgehead atoms. The lowest BCUT2D eigenvalue weighted by molar-refractivity contribution is -0.941.